The van der Waals surface area contributed by atoms with Crippen LogP contribution in [0.5, 0.6) is 5.75 Å². The van der Waals surface area contributed by atoms with Gasteiger partial charge in [-0.05, 0) is 189 Å². The number of oxime groups is 1. The van der Waals surface area contributed by atoms with Gasteiger partial charge in [0.1, 0.15) is 60.9 Å². The highest BCUT2D eigenvalue weighted by atomic mass is 35.5. The maximum atomic E-state index is 12.8. The zero-order valence-electron chi connectivity index (χ0n) is 40.5. The van der Waals surface area contributed by atoms with Gasteiger partial charge < -0.3 is 20.0 Å². The maximum absolute atomic E-state index is 12.8. The smallest absolute Gasteiger partial charge is 0.407 e. The summed E-state index contributed by atoms with van der Waals surface area (Å²) in [6.07, 6.45) is 8.20. The second kappa shape index (κ2) is 25.1. The van der Waals surface area contributed by atoms with Crippen molar-refractivity contribution in [3.05, 3.63) is 188 Å². The van der Waals surface area contributed by atoms with Gasteiger partial charge in [0.15, 0.2) is 5.78 Å². The fourth-order valence-corrected chi connectivity index (χ4v) is 9.09. The fourth-order valence-electron chi connectivity index (χ4n) is 8.25. The molecule has 11 rings (SSSR count). The van der Waals surface area contributed by atoms with E-state index in [1.165, 1.54) is 54.6 Å². The van der Waals surface area contributed by atoms with E-state index in [4.69, 9.17) is 61.1 Å². The number of halogens is 8. The Balaban J connectivity index is 0.000000143. The van der Waals surface area contributed by atoms with Crippen LogP contribution in [0.25, 0.3) is 32.3 Å². The third kappa shape index (κ3) is 15.8. The van der Waals surface area contributed by atoms with Crippen molar-refractivity contribution in [2.45, 2.75) is 83.5 Å². The number of amides is 1. The number of Topliss-reactive ketones (excluding diaryl/α,β-unsaturated/α-hetero) is 2. The first kappa shape index (κ1) is 55.8. The number of hydrogen-bond acceptors (Lipinski definition) is 10. The normalized spacial score (nSPS) is 16.0. The summed E-state index contributed by atoms with van der Waals surface area (Å²) in [5.74, 6) is -0.555. The van der Waals surface area contributed by atoms with E-state index in [0.717, 1.165) is 58.5 Å². The molecule has 5 aromatic carbocycles. The molecular weight excluding hydrogens is 1060 g/mol. The molecule has 0 spiro atoms. The maximum Gasteiger partial charge on any atom is 0.407 e. The summed E-state index contributed by atoms with van der Waals surface area (Å²) in [5, 5.41) is 20.8. The topological polar surface area (TPSA) is 153 Å². The zero-order chi connectivity index (χ0) is 54.0. The van der Waals surface area contributed by atoms with Gasteiger partial charge in [0.25, 0.3) is 0 Å². The van der Waals surface area contributed by atoms with Crippen LogP contribution in [0.15, 0.2) is 127 Å². The molecule has 1 fully saturated rings. The minimum Gasteiger partial charge on any atom is -0.490 e. The lowest BCUT2D eigenvalue weighted by molar-refractivity contribution is 0.0470. The molecule has 0 aliphatic heterocycles. The summed E-state index contributed by atoms with van der Waals surface area (Å²) in [6, 6.07) is 28.2. The van der Waals surface area contributed by atoms with Crippen molar-refractivity contribution >= 4 is 102 Å². The quantitative estimate of drug-likeness (QED) is 0.0762. The minimum absolute atomic E-state index is 0.0700. The number of carbonyl (C=O) groups excluding carboxylic acids is 3. The van der Waals surface area contributed by atoms with Crippen molar-refractivity contribution in [2.24, 2.45) is 5.16 Å². The van der Waals surface area contributed by atoms with E-state index < -0.39 is 5.60 Å². The molecule has 19 heteroatoms. The summed E-state index contributed by atoms with van der Waals surface area (Å²) >= 11 is 23.1. The molecule has 0 atom stereocenters. The Kier molecular flexibility index (Phi) is 18.7. The Morgan fingerprint density at radius 2 is 1.19 bits per heavy atom. The highest BCUT2D eigenvalue weighted by molar-refractivity contribution is 6.49. The molecule has 2 N–H and O–H groups in total. The van der Waals surface area contributed by atoms with Crippen LogP contribution in [0.4, 0.5) is 22.4 Å². The number of aryl methyl sites for hydroxylation is 1. The molecule has 8 aromatic rings. The van der Waals surface area contributed by atoms with Crippen LogP contribution in [0.2, 0.25) is 20.6 Å². The number of carbonyl (C=O) groups is 3. The molecule has 11 nitrogen and oxygen atoms in total. The fraction of sp³-hybridized carbons (Fsp3) is 0.232. The molecule has 1 amide bonds. The van der Waals surface area contributed by atoms with Crippen LogP contribution in [0.1, 0.15) is 84.7 Å². The van der Waals surface area contributed by atoms with Gasteiger partial charge in [0.05, 0.1) is 6.10 Å². The molecule has 3 aromatic heterocycles. The molecule has 0 unspecified atom stereocenters. The van der Waals surface area contributed by atoms with Crippen molar-refractivity contribution in [3.8, 4) is 5.75 Å². The lowest BCUT2D eigenvalue weighted by atomic mass is 9.93. The molecular formula is C56H47Cl4F4N5O6. The molecule has 75 heavy (non-hydrogen) atoms. The van der Waals surface area contributed by atoms with Gasteiger partial charge >= 0.3 is 6.09 Å². The molecule has 388 valence electrons. The summed E-state index contributed by atoms with van der Waals surface area (Å²) in [7, 11) is 0. The first-order chi connectivity index (χ1) is 35.7. The number of benzene rings is 5. The van der Waals surface area contributed by atoms with Crippen LogP contribution in [0.3, 0.4) is 0 Å². The number of ether oxygens (including phenoxy) is 2. The number of rotatable bonds is 3. The first-order valence-corrected chi connectivity index (χ1v) is 24.9. The van der Waals surface area contributed by atoms with Gasteiger partial charge in [-0.25, -0.2) is 37.3 Å². The largest absolute Gasteiger partial charge is 0.490 e. The van der Waals surface area contributed by atoms with Crippen molar-refractivity contribution in [1.29, 1.82) is 0 Å². The van der Waals surface area contributed by atoms with Gasteiger partial charge in [-0.3, -0.25) is 9.59 Å². The molecule has 3 aliphatic rings. The molecule has 0 radical (unpaired) electrons. The monoisotopic (exact) mass is 1100 g/mol. The number of alkyl carbamates (subject to hydrolysis) is 1. The van der Waals surface area contributed by atoms with Crippen LogP contribution in [-0.4, -0.2) is 61.3 Å². The minimum atomic E-state index is -0.473. The molecule has 0 saturated heterocycles. The number of nitrogens with one attached hydrogen (secondary N) is 1. The van der Waals surface area contributed by atoms with Crippen molar-refractivity contribution in [1.82, 2.24) is 20.3 Å². The van der Waals surface area contributed by atoms with Gasteiger partial charge in [-0.2, -0.15) is 0 Å². The summed E-state index contributed by atoms with van der Waals surface area (Å²) < 4.78 is 62.2. The number of fused-ring (bicyclic) bond motifs is 5. The average Bonchev–Trinajstić information content (AvgIpc) is 3.88. The third-order valence-electron chi connectivity index (χ3n) is 11.8. The lowest BCUT2D eigenvalue weighted by Gasteiger charge is -2.30. The number of pyridine rings is 3. The Morgan fingerprint density at radius 3 is 1.83 bits per heavy atom. The second-order valence-corrected chi connectivity index (χ2v) is 20.0. The van der Waals surface area contributed by atoms with Gasteiger partial charge in [0, 0.05) is 58.6 Å². The Hall–Kier alpha value is -6.91. The number of nitrogens with zero attached hydrogens (tertiary/aromatic N) is 4. The predicted molar refractivity (Wildman–Crippen MR) is 284 cm³/mol. The van der Waals surface area contributed by atoms with E-state index in [1.54, 1.807) is 42.7 Å². The van der Waals surface area contributed by atoms with Crippen LogP contribution in [-0.2, 0) is 17.6 Å². The number of ketones is 2. The molecule has 3 heterocycles. The van der Waals surface area contributed by atoms with Crippen LogP contribution < -0.4 is 10.1 Å². The highest BCUT2D eigenvalue weighted by Gasteiger charge is 2.28. The summed E-state index contributed by atoms with van der Waals surface area (Å²) in [5.41, 5.74) is 2.16. The average molecular weight is 1100 g/mol. The van der Waals surface area contributed by atoms with Gasteiger partial charge in [0.2, 0.25) is 5.78 Å². The van der Waals surface area contributed by atoms with Crippen molar-refractivity contribution < 1.29 is 46.6 Å². The van der Waals surface area contributed by atoms with E-state index in [2.05, 4.69) is 25.4 Å². The second-order valence-electron chi connectivity index (χ2n) is 18.4. The van der Waals surface area contributed by atoms with Gasteiger partial charge in [-0.15, -0.1) is 0 Å². The predicted octanol–water partition coefficient (Wildman–Crippen LogP) is 15.2. The Bertz CT molecular complexity index is 3400. The van der Waals surface area contributed by atoms with Crippen molar-refractivity contribution in [3.63, 3.8) is 0 Å². The van der Waals surface area contributed by atoms with Crippen LogP contribution >= 0.6 is 46.4 Å². The molecule has 3 aliphatic carbocycles. The summed E-state index contributed by atoms with van der Waals surface area (Å²) in [4.78, 5) is 46.1. The van der Waals surface area contributed by atoms with E-state index in [9.17, 15) is 31.9 Å². The Morgan fingerprint density at radius 1 is 0.640 bits per heavy atom. The highest BCUT2D eigenvalue weighted by Crippen LogP contribution is 2.29. The number of aromatic nitrogens is 3. The SMILES string of the molecule is CC(C)(C)OC(=O)NC1CCC(Oc2ccc3cnc(Cl)cc3c2)CC1.Fc1ccc2c(Cl)nc(Cl)cc2c1.Fc1ccc2cnc(Cl)cc2c1.O=C1/C(=N/O)Cc2cc(F)ccc21.O=C1CCc2cc(F)ccc21. The molecule has 0 bridgehead atoms. The van der Waals surface area contributed by atoms with Crippen molar-refractivity contribution in [2.75, 3.05) is 0 Å². The Labute approximate surface area is 448 Å². The summed E-state index contributed by atoms with van der Waals surface area (Å²) in [6.45, 7) is 5.60. The number of hydrogen-bond donors (Lipinski definition) is 2. The van der Waals surface area contributed by atoms with E-state index in [0.29, 0.717) is 55.8 Å². The van der Waals surface area contributed by atoms with E-state index in [-0.39, 0.29) is 70.4 Å². The standard InChI is InChI=1S/C20H25ClN2O3.C9H4Cl2FN.C9H5ClFN.C9H6FNO2.C9H7FO/c1-20(2,3)26-19(24)23-15-5-8-16(9-6-15)25-17-7-4-13-12-22-18(21)11-14(13)10-17;10-8-4-5-3-6(12)1-2-7(5)9(11)13-8;10-9-4-7-3-8(11)2-1-6(7)5-12-9;10-6-1-2-7-5(3-6)4-8(11-13)9(7)12;10-7-2-3-8-6(5-7)1-4-9(8)11/h4,7,10-12,15-16H,5-6,8-9H2,1-3H3,(H,23,24);1-4H;1-5H;1-3,13H,4H2;2-3,5H,1,4H2/b;;;11-8+;. The lowest BCUT2D eigenvalue weighted by Crippen LogP contribution is -2.42. The van der Waals surface area contributed by atoms with E-state index in [1.807, 2.05) is 45.0 Å². The zero-order valence-corrected chi connectivity index (χ0v) is 43.5. The first-order valence-electron chi connectivity index (χ1n) is 23.4. The van der Waals surface area contributed by atoms with E-state index >= 15 is 0 Å². The van der Waals surface area contributed by atoms with Crippen LogP contribution in [0, 0.1) is 23.3 Å². The van der Waals surface area contributed by atoms with Gasteiger partial charge in [-0.1, -0.05) is 51.6 Å². The third-order valence-corrected chi connectivity index (χ3v) is 12.7. The molecule has 1 saturated carbocycles.